The molecule has 2 aromatic rings. The minimum Gasteiger partial charge on any atom is -0.454 e. The van der Waals surface area contributed by atoms with Gasteiger partial charge in [0.15, 0.2) is 11.5 Å². The maximum Gasteiger partial charge on any atom is 0.409 e. The molecule has 4 heterocycles. The topological polar surface area (TPSA) is 140 Å². The highest BCUT2D eigenvalue weighted by atomic mass is 16.7. The number of hydrogen-bond acceptors (Lipinski definition) is 9. The Kier molecular flexibility index (Phi) is 8.01. The van der Waals surface area contributed by atoms with Gasteiger partial charge in [0.25, 0.3) is 5.91 Å². The number of nitrogens with one attached hydrogen (secondary N) is 3. The smallest absolute Gasteiger partial charge is 0.409 e. The molecule has 2 fully saturated rings. The molecule has 0 atom stereocenters. The quantitative estimate of drug-likeness (QED) is 0.483. The highest BCUT2D eigenvalue weighted by molar-refractivity contribution is 6.01. The predicted molar refractivity (Wildman–Crippen MR) is 139 cm³/mol. The first kappa shape index (κ1) is 26.5. The number of ether oxygens (including phenoxy) is 4. The molecule has 0 saturated carbocycles. The van der Waals surface area contributed by atoms with E-state index in [1.807, 2.05) is 0 Å². The fourth-order valence-electron chi connectivity index (χ4n) is 4.99. The number of aromatic nitrogens is 1. The van der Waals surface area contributed by atoms with Crippen molar-refractivity contribution in [3.8, 4) is 23.1 Å². The summed E-state index contributed by atoms with van der Waals surface area (Å²) in [5.41, 5.74) is -0.879. The lowest BCUT2D eigenvalue weighted by molar-refractivity contribution is -0.129. The number of nitrogens with zero attached hydrogens (tertiary/aromatic N) is 2. The van der Waals surface area contributed by atoms with Gasteiger partial charge in [0.05, 0.1) is 6.61 Å². The third-order valence-electron chi connectivity index (χ3n) is 7.18. The molecule has 3 aliphatic heterocycles. The summed E-state index contributed by atoms with van der Waals surface area (Å²) in [4.78, 5) is 45.1. The lowest BCUT2D eigenvalue weighted by Gasteiger charge is -2.39. The summed E-state index contributed by atoms with van der Waals surface area (Å²) < 4.78 is 21.8. The molecule has 5 rings (SSSR count). The Balaban J connectivity index is 1.27. The molecule has 0 unspecified atom stereocenters. The zero-order chi connectivity index (χ0) is 27.2. The third kappa shape index (κ3) is 6.00. The predicted octanol–water partition coefficient (Wildman–Crippen LogP) is 2.19. The highest BCUT2D eigenvalue weighted by Crippen LogP contribution is 2.37. The van der Waals surface area contributed by atoms with E-state index in [4.69, 9.17) is 18.9 Å². The number of amides is 3. The summed E-state index contributed by atoms with van der Waals surface area (Å²) in [5.74, 6) is 1.04. The molecular formula is C27H33N5O7. The molecular weight excluding hydrogens is 506 g/mol. The van der Waals surface area contributed by atoms with Crippen LogP contribution in [0, 0.1) is 0 Å². The Morgan fingerprint density at radius 1 is 1.13 bits per heavy atom. The van der Waals surface area contributed by atoms with E-state index in [0.717, 1.165) is 0 Å². The third-order valence-corrected chi connectivity index (χ3v) is 7.18. The van der Waals surface area contributed by atoms with Gasteiger partial charge in [-0.1, -0.05) is 0 Å². The van der Waals surface area contributed by atoms with Crippen molar-refractivity contribution >= 4 is 17.9 Å². The standard InChI is InChI=1S/C27H33N5O7/c1-2-36-26(35)32-14-7-18(8-15-32)30-25(34)27(9-12-28-13-10-27)31-23(33)20-4-3-11-29-24(20)39-19-5-6-21-22(16-19)38-17-37-21/h3-6,11,16,18,28H,2,7-10,12-15,17H2,1H3,(H,30,34)(H,31,33). The maximum atomic E-state index is 13.6. The van der Waals surface area contributed by atoms with Crippen LogP contribution in [0.15, 0.2) is 36.5 Å². The lowest BCUT2D eigenvalue weighted by atomic mass is 9.86. The maximum absolute atomic E-state index is 13.6. The van der Waals surface area contributed by atoms with Crippen molar-refractivity contribution in [2.24, 2.45) is 0 Å². The zero-order valence-corrected chi connectivity index (χ0v) is 21.9. The average molecular weight is 540 g/mol. The second-order valence-corrected chi connectivity index (χ2v) is 9.69. The molecule has 12 heteroatoms. The van der Waals surface area contributed by atoms with Crippen molar-refractivity contribution < 1.29 is 33.3 Å². The number of likely N-dealkylation sites (tertiary alicyclic amines) is 1. The molecule has 1 aromatic heterocycles. The number of pyridine rings is 1. The van der Waals surface area contributed by atoms with Gasteiger partial charge in [-0.2, -0.15) is 0 Å². The van der Waals surface area contributed by atoms with Gasteiger partial charge < -0.3 is 39.8 Å². The van der Waals surface area contributed by atoms with Crippen LogP contribution in [0.1, 0.15) is 43.0 Å². The van der Waals surface area contributed by atoms with E-state index in [1.165, 1.54) is 6.20 Å². The Hall–Kier alpha value is -4.06. The summed E-state index contributed by atoms with van der Waals surface area (Å²) in [7, 11) is 0. The Morgan fingerprint density at radius 3 is 2.67 bits per heavy atom. The first-order valence-electron chi connectivity index (χ1n) is 13.3. The summed E-state index contributed by atoms with van der Waals surface area (Å²) >= 11 is 0. The SMILES string of the molecule is CCOC(=O)N1CCC(NC(=O)C2(NC(=O)c3cccnc3Oc3ccc4c(c3)OCO4)CCNCC2)CC1. The molecule has 0 radical (unpaired) electrons. The van der Waals surface area contributed by atoms with Gasteiger partial charge in [-0.3, -0.25) is 9.59 Å². The van der Waals surface area contributed by atoms with E-state index in [9.17, 15) is 14.4 Å². The number of carbonyl (C=O) groups excluding carboxylic acids is 3. The van der Waals surface area contributed by atoms with E-state index >= 15 is 0 Å². The van der Waals surface area contributed by atoms with Crippen LogP contribution in [0.3, 0.4) is 0 Å². The molecule has 0 bridgehead atoms. The minimum atomic E-state index is -1.09. The fourth-order valence-corrected chi connectivity index (χ4v) is 4.99. The van der Waals surface area contributed by atoms with Gasteiger partial charge in [0, 0.05) is 31.4 Å². The number of rotatable bonds is 7. The van der Waals surface area contributed by atoms with Crippen molar-refractivity contribution in [2.75, 3.05) is 39.6 Å². The van der Waals surface area contributed by atoms with Crippen molar-refractivity contribution in [1.82, 2.24) is 25.8 Å². The van der Waals surface area contributed by atoms with Crippen molar-refractivity contribution in [3.63, 3.8) is 0 Å². The van der Waals surface area contributed by atoms with Gasteiger partial charge in [-0.15, -0.1) is 0 Å². The molecule has 3 N–H and O–H groups in total. The first-order valence-corrected chi connectivity index (χ1v) is 13.3. The van der Waals surface area contributed by atoms with Crippen molar-refractivity contribution in [1.29, 1.82) is 0 Å². The molecule has 2 saturated heterocycles. The molecule has 39 heavy (non-hydrogen) atoms. The van der Waals surface area contributed by atoms with Crippen LogP contribution >= 0.6 is 0 Å². The molecule has 3 amide bonds. The van der Waals surface area contributed by atoms with Gasteiger partial charge in [0.2, 0.25) is 18.6 Å². The van der Waals surface area contributed by atoms with Crippen molar-refractivity contribution in [3.05, 3.63) is 42.1 Å². The normalized spacial score (nSPS) is 18.2. The number of benzene rings is 1. The second-order valence-electron chi connectivity index (χ2n) is 9.69. The summed E-state index contributed by atoms with van der Waals surface area (Å²) in [6.07, 6.45) is 3.30. The Bertz CT molecular complexity index is 1210. The lowest BCUT2D eigenvalue weighted by Crippen LogP contribution is -2.64. The number of hydrogen-bond donors (Lipinski definition) is 3. The Morgan fingerprint density at radius 2 is 1.90 bits per heavy atom. The van der Waals surface area contributed by atoms with E-state index in [0.29, 0.717) is 75.7 Å². The van der Waals surface area contributed by atoms with E-state index in [-0.39, 0.29) is 36.3 Å². The number of carbonyl (C=O) groups is 3. The van der Waals surface area contributed by atoms with Gasteiger partial charge in [-0.25, -0.2) is 9.78 Å². The molecule has 208 valence electrons. The van der Waals surface area contributed by atoms with Crippen LogP contribution in [-0.2, 0) is 9.53 Å². The molecule has 1 aromatic carbocycles. The van der Waals surface area contributed by atoms with Crippen LogP contribution in [0.4, 0.5) is 4.79 Å². The van der Waals surface area contributed by atoms with E-state index in [2.05, 4.69) is 20.9 Å². The molecule has 3 aliphatic rings. The van der Waals surface area contributed by atoms with Gasteiger partial charge in [0.1, 0.15) is 16.9 Å². The molecule has 0 spiro atoms. The van der Waals surface area contributed by atoms with Gasteiger partial charge >= 0.3 is 6.09 Å². The van der Waals surface area contributed by atoms with E-state index in [1.54, 1.807) is 42.2 Å². The second kappa shape index (κ2) is 11.8. The highest BCUT2D eigenvalue weighted by Gasteiger charge is 2.42. The van der Waals surface area contributed by atoms with Crippen molar-refractivity contribution in [2.45, 2.75) is 44.2 Å². The van der Waals surface area contributed by atoms with Crippen LogP contribution in [0.5, 0.6) is 23.1 Å². The number of piperidine rings is 2. The first-order chi connectivity index (χ1) is 19.0. The average Bonchev–Trinajstić information content (AvgIpc) is 3.42. The zero-order valence-electron chi connectivity index (χ0n) is 21.9. The van der Waals surface area contributed by atoms with Crippen LogP contribution in [-0.4, -0.2) is 79.0 Å². The number of fused-ring (bicyclic) bond motifs is 1. The van der Waals surface area contributed by atoms with Crippen LogP contribution in [0.25, 0.3) is 0 Å². The largest absolute Gasteiger partial charge is 0.454 e. The van der Waals surface area contributed by atoms with Crippen LogP contribution < -0.4 is 30.2 Å². The summed E-state index contributed by atoms with van der Waals surface area (Å²) in [5, 5.41) is 9.39. The monoisotopic (exact) mass is 539 g/mol. The van der Waals surface area contributed by atoms with Gasteiger partial charge in [-0.05, 0) is 70.0 Å². The minimum absolute atomic E-state index is 0.102. The van der Waals surface area contributed by atoms with Crippen LogP contribution in [0.2, 0.25) is 0 Å². The van der Waals surface area contributed by atoms with E-state index < -0.39 is 11.4 Å². The molecule has 12 nitrogen and oxygen atoms in total. The molecule has 0 aliphatic carbocycles. The fraction of sp³-hybridized carbons (Fsp3) is 0.481. The Labute approximate surface area is 226 Å². The summed E-state index contributed by atoms with van der Waals surface area (Å²) in [6.45, 7) is 4.41. The summed E-state index contributed by atoms with van der Waals surface area (Å²) in [6, 6.07) is 8.27.